The maximum absolute atomic E-state index is 13.1. The molecule has 0 aliphatic heterocycles. The first-order chi connectivity index (χ1) is 12.8. The van der Waals surface area contributed by atoms with Crippen molar-refractivity contribution in [2.45, 2.75) is 46.1 Å². The molecule has 27 heavy (non-hydrogen) atoms. The number of benzene rings is 1. The van der Waals surface area contributed by atoms with Crippen LogP contribution >= 0.6 is 11.3 Å². The number of carbonyl (C=O) groups excluding carboxylic acids is 1. The quantitative estimate of drug-likeness (QED) is 0.682. The topological polar surface area (TPSA) is 80.9 Å². The zero-order valence-corrected chi connectivity index (χ0v) is 16.5. The molecule has 1 N–H and O–H groups in total. The number of nitrogens with zero attached hydrogens (tertiary/aromatic N) is 3. The molecule has 3 rings (SSSR count). The molecule has 0 aliphatic rings. The lowest BCUT2D eigenvalue weighted by atomic mass is 10.0. The van der Waals surface area contributed by atoms with E-state index in [9.17, 15) is 9.18 Å². The van der Waals surface area contributed by atoms with Crippen molar-refractivity contribution in [2.75, 3.05) is 0 Å². The van der Waals surface area contributed by atoms with Crippen molar-refractivity contribution in [3.8, 4) is 10.6 Å². The maximum atomic E-state index is 13.1. The average molecular weight is 388 g/mol. The van der Waals surface area contributed by atoms with Gasteiger partial charge in [0.05, 0.1) is 11.2 Å². The summed E-state index contributed by atoms with van der Waals surface area (Å²) in [6.45, 7) is 7.45. The van der Waals surface area contributed by atoms with E-state index in [1.807, 2.05) is 20.8 Å². The number of thiazole rings is 1. The lowest BCUT2D eigenvalue weighted by Crippen LogP contribution is -2.41. The Morgan fingerprint density at radius 2 is 1.96 bits per heavy atom. The second-order valence-electron chi connectivity index (χ2n) is 6.78. The van der Waals surface area contributed by atoms with Crippen molar-refractivity contribution in [3.05, 3.63) is 52.4 Å². The molecule has 0 bridgehead atoms. The third-order valence-corrected chi connectivity index (χ3v) is 5.22. The molecule has 2 heterocycles. The monoisotopic (exact) mass is 388 g/mol. The molecule has 6 nitrogen and oxygen atoms in total. The molecule has 3 aromatic rings. The Balaban J connectivity index is 1.80. The van der Waals surface area contributed by atoms with Gasteiger partial charge in [-0.15, -0.1) is 11.3 Å². The van der Waals surface area contributed by atoms with Gasteiger partial charge in [-0.05, 0) is 51.5 Å². The molecule has 142 valence electrons. The number of rotatable bonds is 6. The summed E-state index contributed by atoms with van der Waals surface area (Å²) >= 11 is 1.27. The van der Waals surface area contributed by atoms with E-state index in [2.05, 4.69) is 20.4 Å². The zero-order valence-electron chi connectivity index (χ0n) is 15.7. The molecule has 0 aliphatic carbocycles. The molecule has 2 aromatic heterocycles. The molecular formula is C19H21FN4O2S. The summed E-state index contributed by atoms with van der Waals surface area (Å²) in [5.41, 5.74) is 0.594. The molecule has 1 aromatic carbocycles. The first-order valence-electron chi connectivity index (χ1n) is 8.69. The second kappa shape index (κ2) is 7.56. The number of aryl methyl sites for hydroxylation is 2. The van der Waals surface area contributed by atoms with Crippen LogP contribution in [0.25, 0.3) is 10.6 Å². The van der Waals surface area contributed by atoms with Gasteiger partial charge in [0.25, 0.3) is 5.91 Å². The van der Waals surface area contributed by atoms with Crippen LogP contribution in [-0.4, -0.2) is 21.0 Å². The van der Waals surface area contributed by atoms with Crippen molar-refractivity contribution < 1.29 is 13.7 Å². The first kappa shape index (κ1) is 19.2. The van der Waals surface area contributed by atoms with E-state index in [0.29, 0.717) is 33.7 Å². The van der Waals surface area contributed by atoms with Gasteiger partial charge in [0, 0.05) is 12.0 Å². The van der Waals surface area contributed by atoms with Gasteiger partial charge < -0.3 is 9.84 Å². The minimum absolute atomic E-state index is 0.259. The van der Waals surface area contributed by atoms with Crippen LogP contribution in [0.5, 0.6) is 0 Å². The van der Waals surface area contributed by atoms with Crippen molar-refractivity contribution in [1.82, 2.24) is 20.4 Å². The molecule has 0 saturated heterocycles. The number of amides is 1. The van der Waals surface area contributed by atoms with Crippen LogP contribution in [0.2, 0.25) is 0 Å². The SMILES string of the molecule is CCCc1nc(C(C)(C)NC(=O)c2sc(-c3ccc(F)cc3)nc2C)no1. The number of aromatic nitrogens is 3. The van der Waals surface area contributed by atoms with Gasteiger partial charge in [-0.1, -0.05) is 12.1 Å². The summed E-state index contributed by atoms with van der Waals surface area (Å²) in [5.74, 6) is 0.419. The molecule has 0 saturated carbocycles. The fraction of sp³-hybridized carbons (Fsp3) is 0.368. The highest BCUT2D eigenvalue weighted by Crippen LogP contribution is 2.29. The lowest BCUT2D eigenvalue weighted by molar-refractivity contribution is 0.0911. The van der Waals surface area contributed by atoms with Crippen LogP contribution in [0.4, 0.5) is 4.39 Å². The van der Waals surface area contributed by atoms with Crippen molar-refractivity contribution in [3.63, 3.8) is 0 Å². The van der Waals surface area contributed by atoms with Crippen molar-refractivity contribution >= 4 is 17.2 Å². The number of hydrogen-bond donors (Lipinski definition) is 1. The summed E-state index contributed by atoms with van der Waals surface area (Å²) in [4.78, 5) is 22.1. The number of halogens is 1. The van der Waals surface area contributed by atoms with Gasteiger partial charge in [-0.3, -0.25) is 4.79 Å². The largest absolute Gasteiger partial charge is 0.339 e. The van der Waals surface area contributed by atoms with Gasteiger partial charge in [-0.25, -0.2) is 9.37 Å². The van der Waals surface area contributed by atoms with E-state index in [-0.39, 0.29) is 11.7 Å². The van der Waals surface area contributed by atoms with Crippen molar-refractivity contribution in [1.29, 1.82) is 0 Å². The van der Waals surface area contributed by atoms with Crippen LogP contribution < -0.4 is 5.32 Å². The van der Waals surface area contributed by atoms with E-state index in [1.165, 1.54) is 23.5 Å². The first-order valence-corrected chi connectivity index (χ1v) is 9.50. The number of carbonyl (C=O) groups is 1. The molecule has 0 radical (unpaired) electrons. The summed E-state index contributed by atoms with van der Waals surface area (Å²) in [6, 6.07) is 6.04. The Labute approximate surface area is 160 Å². The highest BCUT2D eigenvalue weighted by atomic mass is 32.1. The molecule has 8 heteroatoms. The van der Waals surface area contributed by atoms with Gasteiger partial charge in [0.15, 0.2) is 5.82 Å². The molecule has 1 amide bonds. The van der Waals surface area contributed by atoms with E-state index >= 15 is 0 Å². The molecule has 0 atom stereocenters. The van der Waals surface area contributed by atoms with E-state index < -0.39 is 5.54 Å². The highest BCUT2D eigenvalue weighted by molar-refractivity contribution is 7.17. The standard InChI is InChI=1S/C19H21FN4O2S/c1-5-6-14-22-18(24-26-14)19(3,4)23-16(25)15-11(2)21-17(27-15)12-7-9-13(20)10-8-12/h7-10H,5-6H2,1-4H3,(H,23,25). The third-order valence-electron chi connectivity index (χ3n) is 4.01. The van der Waals surface area contributed by atoms with Crippen molar-refractivity contribution in [2.24, 2.45) is 0 Å². The van der Waals surface area contributed by atoms with E-state index in [4.69, 9.17) is 4.52 Å². The Morgan fingerprint density at radius 1 is 1.26 bits per heavy atom. The van der Waals surface area contributed by atoms with Gasteiger partial charge in [-0.2, -0.15) is 4.98 Å². The smallest absolute Gasteiger partial charge is 0.264 e. The van der Waals surface area contributed by atoms with Gasteiger partial charge >= 0.3 is 0 Å². The Kier molecular flexibility index (Phi) is 5.36. The zero-order chi connectivity index (χ0) is 19.6. The van der Waals surface area contributed by atoms with Crippen LogP contribution in [0.1, 0.15) is 54.3 Å². The minimum atomic E-state index is -0.793. The minimum Gasteiger partial charge on any atom is -0.339 e. The summed E-state index contributed by atoms with van der Waals surface area (Å²) in [6.07, 6.45) is 1.60. The van der Waals surface area contributed by atoms with Crippen LogP contribution in [0, 0.1) is 12.7 Å². The second-order valence-corrected chi connectivity index (χ2v) is 7.78. The molecule has 0 unspecified atom stereocenters. The van der Waals surface area contributed by atoms with E-state index in [0.717, 1.165) is 12.0 Å². The summed E-state index contributed by atoms with van der Waals surface area (Å²) in [7, 11) is 0. The Hall–Kier alpha value is -2.61. The van der Waals surface area contributed by atoms with Crippen LogP contribution in [0.15, 0.2) is 28.8 Å². The Bertz CT molecular complexity index is 947. The number of nitrogens with one attached hydrogen (secondary N) is 1. The van der Waals surface area contributed by atoms with Crippen LogP contribution in [-0.2, 0) is 12.0 Å². The number of hydrogen-bond acceptors (Lipinski definition) is 6. The van der Waals surface area contributed by atoms with Gasteiger partial charge in [0.1, 0.15) is 15.7 Å². The summed E-state index contributed by atoms with van der Waals surface area (Å²) in [5, 5.41) is 7.60. The third kappa shape index (κ3) is 4.21. The molecular weight excluding hydrogens is 367 g/mol. The fourth-order valence-electron chi connectivity index (χ4n) is 2.54. The molecule has 0 spiro atoms. The average Bonchev–Trinajstić information content (AvgIpc) is 3.23. The maximum Gasteiger partial charge on any atom is 0.264 e. The van der Waals surface area contributed by atoms with Crippen LogP contribution in [0.3, 0.4) is 0 Å². The molecule has 0 fully saturated rings. The highest BCUT2D eigenvalue weighted by Gasteiger charge is 2.30. The Morgan fingerprint density at radius 3 is 2.63 bits per heavy atom. The van der Waals surface area contributed by atoms with E-state index in [1.54, 1.807) is 19.1 Å². The predicted octanol–water partition coefficient (Wildman–Crippen LogP) is 4.26. The fourth-order valence-corrected chi connectivity index (χ4v) is 3.51. The normalized spacial score (nSPS) is 11.6. The predicted molar refractivity (Wildman–Crippen MR) is 101 cm³/mol. The lowest BCUT2D eigenvalue weighted by Gasteiger charge is -2.21. The van der Waals surface area contributed by atoms with Gasteiger partial charge in [0.2, 0.25) is 5.89 Å². The summed E-state index contributed by atoms with van der Waals surface area (Å²) < 4.78 is 18.3.